The van der Waals surface area contributed by atoms with Crippen LogP contribution >= 0.6 is 0 Å². The Kier molecular flexibility index (Phi) is 9.04. The fourth-order valence-corrected chi connectivity index (χ4v) is 4.68. The number of methoxy groups -OCH3 is 3. The summed E-state index contributed by atoms with van der Waals surface area (Å²) in [7, 11) is 4.89. The number of amides is 1. The van der Waals surface area contributed by atoms with Crippen LogP contribution in [0, 0.1) is 5.92 Å². The van der Waals surface area contributed by atoms with Crippen LogP contribution < -0.4 is 14.8 Å². The van der Waals surface area contributed by atoms with Crippen LogP contribution in [0.5, 0.6) is 11.5 Å². The van der Waals surface area contributed by atoms with Gasteiger partial charge in [0.05, 0.1) is 45.4 Å². The highest BCUT2D eigenvalue weighted by Gasteiger charge is 2.29. The summed E-state index contributed by atoms with van der Waals surface area (Å²) in [5, 5.41) is 7.69. The first-order valence-electron chi connectivity index (χ1n) is 13.1. The van der Waals surface area contributed by atoms with Crippen LogP contribution in [0.2, 0.25) is 0 Å². The van der Waals surface area contributed by atoms with Crippen molar-refractivity contribution in [1.82, 2.24) is 9.61 Å². The standard InChI is InChI=1S/C28H39N3O8/c1-8-20-25(29-27(32)39-28(2,3)4)26-31(30-20)21(9-18-14-36-16-37-15-18)24(38-26)12-19-22(34-6)10-17(13-33-5)11-23(19)35-7/h10-11,18H,8-9,12-16H2,1-7H3,(H,29,32). The van der Waals surface area contributed by atoms with Crippen LogP contribution in [0.3, 0.4) is 0 Å². The van der Waals surface area contributed by atoms with Crippen molar-refractivity contribution in [1.29, 1.82) is 0 Å². The van der Waals surface area contributed by atoms with E-state index < -0.39 is 11.7 Å². The van der Waals surface area contributed by atoms with E-state index >= 15 is 0 Å². The normalized spacial score (nSPS) is 14.5. The van der Waals surface area contributed by atoms with Crippen molar-refractivity contribution in [2.24, 2.45) is 5.92 Å². The second-order valence-electron chi connectivity index (χ2n) is 10.5. The first-order valence-corrected chi connectivity index (χ1v) is 13.1. The van der Waals surface area contributed by atoms with Crippen molar-refractivity contribution >= 4 is 17.5 Å². The summed E-state index contributed by atoms with van der Waals surface area (Å²) in [6.07, 6.45) is 0.999. The van der Waals surface area contributed by atoms with Crippen molar-refractivity contribution in [3.8, 4) is 11.5 Å². The largest absolute Gasteiger partial charge is 0.496 e. The zero-order valence-corrected chi connectivity index (χ0v) is 23.8. The number of hydrogen-bond acceptors (Lipinski definition) is 9. The molecule has 0 saturated carbocycles. The number of oxazole rings is 1. The summed E-state index contributed by atoms with van der Waals surface area (Å²) in [6, 6.07) is 3.87. The number of nitrogens with zero attached hydrogens (tertiary/aromatic N) is 2. The Morgan fingerprint density at radius 3 is 2.36 bits per heavy atom. The molecule has 214 valence electrons. The Morgan fingerprint density at radius 1 is 1.13 bits per heavy atom. The van der Waals surface area contributed by atoms with E-state index in [0.29, 0.717) is 73.4 Å². The van der Waals surface area contributed by atoms with E-state index in [1.54, 1.807) is 25.8 Å². The molecular weight excluding hydrogens is 506 g/mol. The van der Waals surface area contributed by atoms with Gasteiger partial charge >= 0.3 is 6.09 Å². The number of ether oxygens (including phenoxy) is 6. The van der Waals surface area contributed by atoms with Gasteiger partial charge in [-0.15, -0.1) is 0 Å². The number of nitrogens with one attached hydrogen (secondary N) is 1. The molecule has 1 N–H and O–H groups in total. The lowest BCUT2D eigenvalue weighted by atomic mass is 9.99. The Hall–Kier alpha value is -3.28. The number of aryl methyl sites for hydroxylation is 1. The molecule has 1 aliphatic heterocycles. The summed E-state index contributed by atoms with van der Waals surface area (Å²) in [6.45, 7) is 9.27. The van der Waals surface area contributed by atoms with Crippen molar-refractivity contribution in [2.45, 2.75) is 59.2 Å². The number of aromatic nitrogens is 2. The first-order chi connectivity index (χ1) is 18.7. The van der Waals surface area contributed by atoms with Gasteiger partial charge < -0.3 is 32.8 Å². The quantitative estimate of drug-likeness (QED) is 0.385. The lowest BCUT2D eigenvalue weighted by Crippen LogP contribution is -2.27. The van der Waals surface area contributed by atoms with Crippen LogP contribution in [-0.2, 0) is 44.8 Å². The maximum Gasteiger partial charge on any atom is 0.412 e. The van der Waals surface area contributed by atoms with Gasteiger partial charge in [0.2, 0.25) is 5.71 Å². The third kappa shape index (κ3) is 6.66. The highest BCUT2D eigenvalue weighted by Crippen LogP contribution is 2.37. The monoisotopic (exact) mass is 545 g/mol. The second kappa shape index (κ2) is 12.3. The molecule has 1 aliphatic rings. The van der Waals surface area contributed by atoms with Crippen LogP contribution in [-0.4, -0.2) is 62.6 Å². The fraction of sp³-hybridized carbons (Fsp3) is 0.571. The topological polar surface area (TPSA) is 115 Å². The van der Waals surface area contributed by atoms with Gasteiger partial charge in [-0.1, -0.05) is 6.92 Å². The van der Waals surface area contributed by atoms with E-state index in [9.17, 15) is 4.79 Å². The van der Waals surface area contributed by atoms with E-state index in [4.69, 9.17) is 37.9 Å². The van der Waals surface area contributed by atoms with Gasteiger partial charge in [0.1, 0.15) is 35.3 Å². The number of hydrogen-bond donors (Lipinski definition) is 1. The Labute approximate surface area is 228 Å². The van der Waals surface area contributed by atoms with Crippen molar-refractivity contribution in [3.63, 3.8) is 0 Å². The van der Waals surface area contributed by atoms with E-state index in [2.05, 4.69) is 5.32 Å². The fourth-order valence-electron chi connectivity index (χ4n) is 4.68. The smallest absolute Gasteiger partial charge is 0.412 e. The Balaban J connectivity index is 1.80. The molecule has 0 atom stereocenters. The SMILES string of the molecule is CCc1nn2c(CC3COCOC3)c(Cc3c(OC)cc(COC)cc3OC)oc2c1NC(=O)OC(C)(C)C. The second-order valence-corrected chi connectivity index (χ2v) is 10.5. The van der Waals surface area contributed by atoms with Crippen LogP contribution in [0.15, 0.2) is 16.5 Å². The van der Waals surface area contributed by atoms with E-state index in [1.807, 2.05) is 39.8 Å². The molecule has 0 bridgehead atoms. The zero-order valence-electron chi connectivity index (χ0n) is 23.8. The molecule has 39 heavy (non-hydrogen) atoms. The molecule has 1 fully saturated rings. The molecule has 4 rings (SSSR count). The van der Waals surface area contributed by atoms with Crippen LogP contribution in [0.4, 0.5) is 10.5 Å². The molecular formula is C28H39N3O8. The van der Waals surface area contributed by atoms with Gasteiger partial charge in [-0.25, -0.2) is 4.79 Å². The van der Waals surface area contributed by atoms with E-state index in [0.717, 1.165) is 16.8 Å². The lowest BCUT2D eigenvalue weighted by molar-refractivity contribution is -0.125. The Morgan fingerprint density at radius 2 is 1.79 bits per heavy atom. The van der Waals surface area contributed by atoms with E-state index in [-0.39, 0.29) is 12.7 Å². The predicted octanol–water partition coefficient (Wildman–Crippen LogP) is 4.75. The molecule has 3 heterocycles. The number of carbonyl (C=O) groups is 1. The molecule has 1 saturated heterocycles. The maximum atomic E-state index is 12.7. The zero-order chi connectivity index (χ0) is 28.2. The van der Waals surface area contributed by atoms with Gasteiger partial charge in [-0.2, -0.15) is 9.61 Å². The highest BCUT2D eigenvalue weighted by atomic mass is 16.7. The average molecular weight is 546 g/mol. The summed E-state index contributed by atoms with van der Waals surface area (Å²) in [4.78, 5) is 12.7. The Bertz CT molecular complexity index is 1260. The summed E-state index contributed by atoms with van der Waals surface area (Å²) in [5.41, 5.74) is 3.59. The third-order valence-electron chi connectivity index (χ3n) is 6.35. The van der Waals surface area contributed by atoms with E-state index in [1.165, 1.54) is 0 Å². The number of anilines is 1. The molecule has 2 aromatic heterocycles. The molecule has 11 heteroatoms. The number of benzene rings is 1. The molecule has 1 amide bonds. The van der Waals surface area contributed by atoms with Gasteiger partial charge in [-0.3, -0.25) is 5.32 Å². The van der Waals surface area contributed by atoms with Crippen LogP contribution in [0.1, 0.15) is 56.0 Å². The molecule has 0 spiro atoms. The summed E-state index contributed by atoms with van der Waals surface area (Å²) >= 11 is 0. The highest BCUT2D eigenvalue weighted by molar-refractivity contribution is 5.90. The molecule has 3 aromatic rings. The molecule has 0 aliphatic carbocycles. The molecule has 1 aromatic carbocycles. The van der Waals surface area contributed by atoms with Gasteiger partial charge in [0, 0.05) is 31.4 Å². The molecule has 0 radical (unpaired) electrons. The lowest BCUT2D eigenvalue weighted by Gasteiger charge is -2.22. The van der Waals surface area contributed by atoms with Crippen LogP contribution in [0.25, 0.3) is 5.71 Å². The predicted molar refractivity (Wildman–Crippen MR) is 144 cm³/mol. The van der Waals surface area contributed by atoms with Crippen molar-refractivity contribution < 1.29 is 37.6 Å². The van der Waals surface area contributed by atoms with Crippen molar-refractivity contribution in [2.75, 3.05) is 46.7 Å². The minimum absolute atomic E-state index is 0.114. The molecule has 11 nitrogen and oxygen atoms in total. The van der Waals surface area contributed by atoms with Gasteiger partial charge in [0.25, 0.3) is 0 Å². The minimum Gasteiger partial charge on any atom is -0.496 e. The maximum absolute atomic E-state index is 12.7. The summed E-state index contributed by atoms with van der Waals surface area (Å²) in [5.74, 6) is 2.11. The summed E-state index contributed by atoms with van der Waals surface area (Å²) < 4.78 is 41.6. The van der Waals surface area contributed by atoms with Crippen molar-refractivity contribution in [3.05, 3.63) is 40.4 Å². The molecule has 0 unspecified atom stereocenters. The number of carbonyl (C=O) groups excluding carboxylic acids is 1. The minimum atomic E-state index is -0.648. The average Bonchev–Trinajstić information content (AvgIpc) is 3.40. The van der Waals surface area contributed by atoms with Gasteiger partial charge in [0.15, 0.2) is 0 Å². The third-order valence-corrected chi connectivity index (χ3v) is 6.35. The van der Waals surface area contributed by atoms with Gasteiger partial charge in [-0.05, 0) is 44.9 Å². The number of fused-ring (bicyclic) bond motifs is 1. The first kappa shape index (κ1) is 28.7. The number of rotatable bonds is 10.